The lowest BCUT2D eigenvalue weighted by Crippen LogP contribution is -2.47. The molecule has 0 saturated heterocycles. The van der Waals surface area contributed by atoms with Gasteiger partial charge in [0.25, 0.3) is 0 Å². The first kappa shape index (κ1) is 15.0. The topological polar surface area (TPSA) is 29.5 Å². The third-order valence-corrected chi connectivity index (χ3v) is 4.23. The molecule has 2 unspecified atom stereocenters. The van der Waals surface area contributed by atoms with Crippen LogP contribution in [-0.4, -0.2) is 36.4 Å². The summed E-state index contributed by atoms with van der Waals surface area (Å²) in [6.07, 6.45) is 5.94. The largest absolute Gasteiger partial charge is 0.489 e. The SMILES string of the molecule is CCN(CC)C1CCCCC1Oc1cccc(C=O)c1. The monoisotopic (exact) mass is 275 g/mol. The maximum Gasteiger partial charge on any atom is 0.150 e. The second-order valence-corrected chi connectivity index (χ2v) is 5.42. The third kappa shape index (κ3) is 3.60. The summed E-state index contributed by atoms with van der Waals surface area (Å²) in [7, 11) is 0. The Balaban J connectivity index is 2.09. The summed E-state index contributed by atoms with van der Waals surface area (Å²) >= 11 is 0. The number of rotatable bonds is 6. The Morgan fingerprint density at radius 2 is 2.00 bits per heavy atom. The molecule has 0 spiro atoms. The van der Waals surface area contributed by atoms with Crippen molar-refractivity contribution in [2.45, 2.75) is 51.7 Å². The van der Waals surface area contributed by atoms with Gasteiger partial charge in [-0.3, -0.25) is 9.69 Å². The van der Waals surface area contributed by atoms with Gasteiger partial charge in [-0.15, -0.1) is 0 Å². The molecule has 2 rings (SSSR count). The van der Waals surface area contributed by atoms with Crippen molar-refractivity contribution in [1.82, 2.24) is 4.90 Å². The molecule has 3 heteroatoms. The first-order valence-corrected chi connectivity index (χ1v) is 7.74. The van der Waals surface area contributed by atoms with E-state index in [4.69, 9.17) is 4.74 Å². The molecule has 1 saturated carbocycles. The van der Waals surface area contributed by atoms with Crippen LogP contribution in [0.2, 0.25) is 0 Å². The van der Waals surface area contributed by atoms with Crippen molar-refractivity contribution < 1.29 is 9.53 Å². The molecular weight excluding hydrogens is 250 g/mol. The van der Waals surface area contributed by atoms with Gasteiger partial charge in [0.2, 0.25) is 0 Å². The summed E-state index contributed by atoms with van der Waals surface area (Å²) in [5.74, 6) is 0.818. The van der Waals surface area contributed by atoms with Crippen molar-refractivity contribution in [1.29, 1.82) is 0 Å². The number of nitrogens with zero attached hydrogens (tertiary/aromatic N) is 1. The Labute approximate surface area is 121 Å². The smallest absolute Gasteiger partial charge is 0.150 e. The number of carbonyl (C=O) groups excluding carboxylic acids is 1. The summed E-state index contributed by atoms with van der Waals surface area (Å²) < 4.78 is 6.19. The minimum Gasteiger partial charge on any atom is -0.489 e. The molecule has 0 heterocycles. The molecule has 0 aromatic heterocycles. The van der Waals surface area contributed by atoms with Crippen molar-refractivity contribution in [3.05, 3.63) is 29.8 Å². The molecular formula is C17H25NO2. The lowest BCUT2D eigenvalue weighted by molar-refractivity contribution is 0.0412. The van der Waals surface area contributed by atoms with Gasteiger partial charge in [0.05, 0.1) is 0 Å². The van der Waals surface area contributed by atoms with Crippen LogP contribution in [0.15, 0.2) is 24.3 Å². The highest BCUT2D eigenvalue weighted by Crippen LogP contribution is 2.27. The summed E-state index contributed by atoms with van der Waals surface area (Å²) in [6.45, 7) is 6.55. The standard InChI is InChI=1S/C17H25NO2/c1-3-18(4-2)16-10-5-6-11-17(16)20-15-9-7-8-14(12-15)13-19/h7-9,12-13,16-17H,3-6,10-11H2,1-2H3. The van der Waals surface area contributed by atoms with Crippen LogP contribution in [0.1, 0.15) is 49.9 Å². The Kier molecular flexibility index (Phi) is 5.60. The fourth-order valence-corrected chi connectivity index (χ4v) is 3.16. The van der Waals surface area contributed by atoms with Gasteiger partial charge in [-0.2, -0.15) is 0 Å². The third-order valence-electron chi connectivity index (χ3n) is 4.23. The lowest BCUT2D eigenvalue weighted by atomic mass is 9.91. The maximum atomic E-state index is 10.9. The Morgan fingerprint density at radius 3 is 2.70 bits per heavy atom. The van der Waals surface area contributed by atoms with E-state index >= 15 is 0 Å². The molecule has 110 valence electrons. The highest BCUT2D eigenvalue weighted by Gasteiger charge is 2.30. The van der Waals surface area contributed by atoms with Crippen LogP contribution in [0.3, 0.4) is 0 Å². The van der Waals surface area contributed by atoms with Crippen molar-refractivity contribution in [3.63, 3.8) is 0 Å². The average molecular weight is 275 g/mol. The molecule has 2 atom stereocenters. The van der Waals surface area contributed by atoms with Crippen LogP contribution in [0.25, 0.3) is 0 Å². The normalized spacial score (nSPS) is 22.8. The molecule has 0 bridgehead atoms. The number of likely N-dealkylation sites (N-methyl/N-ethyl adjacent to an activating group) is 1. The zero-order chi connectivity index (χ0) is 14.4. The van der Waals surface area contributed by atoms with E-state index in [1.165, 1.54) is 19.3 Å². The summed E-state index contributed by atoms with van der Waals surface area (Å²) in [6, 6.07) is 7.97. The molecule has 1 aliphatic rings. The predicted molar refractivity (Wildman–Crippen MR) is 81.4 cm³/mol. The predicted octanol–water partition coefficient (Wildman–Crippen LogP) is 3.53. The number of benzene rings is 1. The summed E-state index contributed by atoms with van der Waals surface area (Å²) in [5, 5.41) is 0. The van der Waals surface area contributed by atoms with Crippen molar-refractivity contribution in [2.75, 3.05) is 13.1 Å². The number of hydrogen-bond acceptors (Lipinski definition) is 3. The van der Waals surface area contributed by atoms with Gasteiger partial charge in [0, 0.05) is 11.6 Å². The summed E-state index contributed by atoms with van der Waals surface area (Å²) in [5.41, 5.74) is 0.678. The van der Waals surface area contributed by atoms with Gasteiger partial charge >= 0.3 is 0 Å². The summed E-state index contributed by atoms with van der Waals surface area (Å²) in [4.78, 5) is 13.3. The highest BCUT2D eigenvalue weighted by atomic mass is 16.5. The Hall–Kier alpha value is -1.35. The first-order valence-electron chi connectivity index (χ1n) is 7.74. The van der Waals surface area contributed by atoms with Gasteiger partial charge in [0.15, 0.2) is 0 Å². The van der Waals surface area contributed by atoms with E-state index in [1.807, 2.05) is 24.3 Å². The average Bonchev–Trinajstić information content (AvgIpc) is 2.50. The van der Waals surface area contributed by atoms with E-state index in [1.54, 1.807) is 0 Å². The molecule has 3 nitrogen and oxygen atoms in total. The Bertz CT molecular complexity index is 429. The van der Waals surface area contributed by atoms with Crippen LogP contribution >= 0.6 is 0 Å². The van der Waals surface area contributed by atoms with E-state index in [0.717, 1.165) is 31.5 Å². The quantitative estimate of drug-likeness (QED) is 0.744. The minimum atomic E-state index is 0.241. The molecule has 1 aliphatic carbocycles. The second kappa shape index (κ2) is 7.44. The van der Waals surface area contributed by atoms with Crippen molar-refractivity contribution in [2.24, 2.45) is 0 Å². The zero-order valence-electron chi connectivity index (χ0n) is 12.5. The molecule has 1 aromatic carbocycles. The van der Waals surface area contributed by atoms with Crippen LogP contribution in [0.4, 0.5) is 0 Å². The van der Waals surface area contributed by atoms with E-state index in [9.17, 15) is 4.79 Å². The molecule has 0 radical (unpaired) electrons. The number of carbonyl (C=O) groups is 1. The highest BCUT2D eigenvalue weighted by molar-refractivity contribution is 5.75. The van der Waals surface area contributed by atoms with Crippen molar-refractivity contribution >= 4 is 6.29 Å². The van der Waals surface area contributed by atoms with Crippen LogP contribution in [0.5, 0.6) is 5.75 Å². The van der Waals surface area contributed by atoms with E-state index in [-0.39, 0.29) is 6.10 Å². The lowest BCUT2D eigenvalue weighted by Gasteiger charge is -2.39. The minimum absolute atomic E-state index is 0.241. The molecule has 0 N–H and O–H groups in total. The second-order valence-electron chi connectivity index (χ2n) is 5.42. The number of aldehydes is 1. The van der Waals surface area contributed by atoms with E-state index < -0.39 is 0 Å². The van der Waals surface area contributed by atoms with Gasteiger partial charge in [-0.1, -0.05) is 32.4 Å². The molecule has 1 fully saturated rings. The number of hydrogen-bond donors (Lipinski definition) is 0. The van der Waals surface area contributed by atoms with E-state index in [2.05, 4.69) is 18.7 Å². The van der Waals surface area contributed by atoms with Gasteiger partial charge in [-0.25, -0.2) is 0 Å². The van der Waals surface area contributed by atoms with Gasteiger partial charge in [-0.05, 0) is 44.5 Å². The maximum absolute atomic E-state index is 10.9. The van der Waals surface area contributed by atoms with Crippen molar-refractivity contribution in [3.8, 4) is 5.75 Å². The molecule has 0 amide bonds. The Morgan fingerprint density at radius 1 is 1.25 bits per heavy atom. The number of ether oxygens (including phenoxy) is 1. The molecule has 0 aliphatic heterocycles. The fraction of sp³-hybridized carbons (Fsp3) is 0.588. The molecule has 1 aromatic rings. The van der Waals surface area contributed by atoms with Gasteiger partial charge < -0.3 is 4.74 Å². The van der Waals surface area contributed by atoms with Gasteiger partial charge in [0.1, 0.15) is 18.1 Å². The van der Waals surface area contributed by atoms with Crippen LogP contribution in [0, 0.1) is 0 Å². The van der Waals surface area contributed by atoms with Crippen LogP contribution in [-0.2, 0) is 0 Å². The fourth-order valence-electron chi connectivity index (χ4n) is 3.16. The van der Waals surface area contributed by atoms with E-state index in [0.29, 0.717) is 11.6 Å². The first-order chi connectivity index (χ1) is 9.78. The van der Waals surface area contributed by atoms with Crippen LogP contribution < -0.4 is 4.74 Å². The zero-order valence-corrected chi connectivity index (χ0v) is 12.5. The molecule has 20 heavy (non-hydrogen) atoms.